The van der Waals surface area contributed by atoms with Crippen LogP contribution < -0.4 is 5.32 Å². The zero-order valence-electron chi connectivity index (χ0n) is 21.0. The molecule has 1 N–H and O–H groups in total. The van der Waals surface area contributed by atoms with Crippen LogP contribution >= 0.6 is 11.8 Å². The lowest BCUT2D eigenvalue weighted by Gasteiger charge is -2.12. The van der Waals surface area contributed by atoms with Crippen molar-refractivity contribution < 1.29 is 4.39 Å². The number of rotatable bonds is 12. The normalized spacial score (nSPS) is 11.0. The molecule has 0 saturated carbocycles. The zero-order chi connectivity index (χ0) is 25.3. The zero-order valence-corrected chi connectivity index (χ0v) is 21.8. The molecule has 0 atom stereocenters. The van der Waals surface area contributed by atoms with Crippen LogP contribution in [0.25, 0.3) is 5.69 Å². The molecule has 186 valence electrons. The molecule has 4 aromatic rings. The summed E-state index contributed by atoms with van der Waals surface area (Å²) < 4.78 is 15.3. The maximum absolute atomic E-state index is 13.1. The van der Waals surface area contributed by atoms with E-state index in [2.05, 4.69) is 89.0 Å². The smallest absolute Gasteiger partial charge is 0.196 e. The van der Waals surface area contributed by atoms with E-state index < -0.39 is 0 Å². The summed E-state index contributed by atoms with van der Waals surface area (Å²) in [6.07, 6.45) is 3.72. The largest absolute Gasteiger partial charge is 0.385 e. The van der Waals surface area contributed by atoms with Gasteiger partial charge in [0.2, 0.25) is 0 Å². The van der Waals surface area contributed by atoms with Gasteiger partial charge in [0.15, 0.2) is 5.16 Å². The van der Waals surface area contributed by atoms with Crippen molar-refractivity contribution in [3.8, 4) is 5.69 Å². The van der Waals surface area contributed by atoms with Crippen LogP contribution in [0, 0.1) is 19.7 Å². The van der Waals surface area contributed by atoms with Gasteiger partial charge in [0.1, 0.15) is 11.6 Å². The Morgan fingerprint density at radius 2 is 1.78 bits per heavy atom. The van der Waals surface area contributed by atoms with Gasteiger partial charge in [0, 0.05) is 30.1 Å². The third kappa shape index (κ3) is 7.08. The van der Waals surface area contributed by atoms with Crippen molar-refractivity contribution in [1.82, 2.24) is 20.1 Å². The molecule has 1 heterocycles. The van der Waals surface area contributed by atoms with Gasteiger partial charge in [0.05, 0.1) is 0 Å². The van der Waals surface area contributed by atoms with E-state index in [4.69, 9.17) is 0 Å². The van der Waals surface area contributed by atoms with Crippen LogP contribution in [0.4, 0.5) is 4.39 Å². The number of aromatic nitrogens is 3. The van der Waals surface area contributed by atoms with Crippen LogP contribution in [-0.2, 0) is 18.7 Å². The third-order valence-electron chi connectivity index (χ3n) is 6.16. The number of nitrogens with one attached hydrogen (secondary N) is 1. The average Bonchev–Trinajstić information content (AvgIpc) is 3.28. The molecule has 0 aliphatic heterocycles. The summed E-state index contributed by atoms with van der Waals surface area (Å²) in [6.45, 7) is 9.06. The molecule has 0 saturated heterocycles. The van der Waals surface area contributed by atoms with Crippen LogP contribution in [0.3, 0.4) is 0 Å². The minimum absolute atomic E-state index is 0.215. The topological polar surface area (TPSA) is 42.7 Å². The lowest BCUT2D eigenvalue weighted by Crippen LogP contribution is -2.12. The fourth-order valence-corrected chi connectivity index (χ4v) is 5.08. The Morgan fingerprint density at radius 3 is 2.56 bits per heavy atom. The molecular weight excluding hydrogens is 467 g/mol. The average molecular weight is 501 g/mol. The second-order valence-electron chi connectivity index (χ2n) is 9.08. The van der Waals surface area contributed by atoms with Gasteiger partial charge in [-0.1, -0.05) is 66.9 Å². The minimum Gasteiger partial charge on any atom is -0.385 e. The van der Waals surface area contributed by atoms with Crippen molar-refractivity contribution in [3.05, 3.63) is 119 Å². The van der Waals surface area contributed by atoms with Crippen LogP contribution in [0.2, 0.25) is 0 Å². The number of aryl methyl sites for hydroxylation is 3. The fourth-order valence-electron chi connectivity index (χ4n) is 4.04. The Bertz CT molecular complexity index is 1300. The van der Waals surface area contributed by atoms with Gasteiger partial charge in [0.25, 0.3) is 0 Å². The highest BCUT2D eigenvalue weighted by Crippen LogP contribution is 2.27. The predicted octanol–water partition coefficient (Wildman–Crippen LogP) is 7.33. The van der Waals surface area contributed by atoms with Gasteiger partial charge in [-0.05, 0) is 79.6 Å². The Morgan fingerprint density at radius 1 is 0.972 bits per heavy atom. The molecule has 0 amide bonds. The van der Waals surface area contributed by atoms with Crippen LogP contribution in [0.15, 0.2) is 90.2 Å². The maximum atomic E-state index is 13.1. The summed E-state index contributed by atoms with van der Waals surface area (Å²) in [5.74, 6) is 1.63. The summed E-state index contributed by atoms with van der Waals surface area (Å²) in [6, 6.07) is 23.5. The Balaban J connectivity index is 1.36. The van der Waals surface area contributed by atoms with E-state index in [-0.39, 0.29) is 5.82 Å². The van der Waals surface area contributed by atoms with Gasteiger partial charge in [-0.15, -0.1) is 10.2 Å². The SMILES string of the molecule is C=C(CCCCc1nnc(SCc2ccccc2C)n1-c1cccc(C)c1)NCc1ccc(F)cc1. The molecule has 0 aliphatic carbocycles. The Kier molecular flexibility index (Phi) is 8.95. The maximum Gasteiger partial charge on any atom is 0.196 e. The number of halogens is 1. The molecular formula is C30H33FN4S. The molecule has 0 spiro atoms. The predicted molar refractivity (Wildman–Crippen MR) is 147 cm³/mol. The van der Waals surface area contributed by atoms with Crippen molar-refractivity contribution in [2.75, 3.05) is 0 Å². The minimum atomic E-state index is -0.215. The summed E-state index contributed by atoms with van der Waals surface area (Å²) in [7, 11) is 0. The van der Waals surface area contributed by atoms with E-state index in [0.29, 0.717) is 6.54 Å². The molecule has 6 heteroatoms. The monoisotopic (exact) mass is 500 g/mol. The molecule has 1 aromatic heterocycles. The molecule has 0 aliphatic rings. The first-order valence-electron chi connectivity index (χ1n) is 12.3. The first-order chi connectivity index (χ1) is 17.5. The third-order valence-corrected chi connectivity index (χ3v) is 7.14. The van der Waals surface area contributed by atoms with E-state index in [1.807, 2.05) is 0 Å². The van der Waals surface area contributed by atoms with Crippen molar-refractivity contribution in [2.24, 2.45) is 0 Å². The Labute approximate surface area is 217 Å². The molecule has 36 heavy (non-hydrogen) atoms. The number of hydrogen-bond donors (Lipinski definition) is 1. The first kappa shape index (κ1) is 25.7. The van der Waals surface area contributed by atoms with E-state index >= 15 is 0 Å². The van der Waals surface area contributed by atoms with Gasteiger partial charge >= 0.3 is 0 Å². The lowest BCUT2D eigenvalue weighted by atomic mass is 10.1. The molecule has 0 bridgehead atoms. The fraction of sp³-hybridized carbons (Fsp3) is 0.267. The molecule has 0 radical (unpaired) electrons. The van der Waals surface area contributed by atoms with Crippen molar-refractivity contribution in [1.29, 1.82) is 0 Å². The number of hydrogen-bond acceptors (Lipinski definition) is 4. The summed E-state index contributed by atoms with van der Waals surface area (Å²) in [5.41, 5.74) is 6.96. The number of allylic oxidation sites excluding steroid dienone is 1. The second-order valence-corrected chi connectivity index (χ2v) is 10.0. The molecule has 4 nitrogen and oxygen atoms in total. The van der Waals surface area contributed by atoms with E-state index in [0.717, 1.165) is 59.4 Å². The second kappa shape index (κ2) is 12.5. The lowest BCUT2D eigenvalue weighted by molar-refractivity contribution is 0.625. The summed E-state index contributed by atoms with van der Waals surface area (Å²) in [4.78, 5) is 0. The molecule has 0 unspecified atom stereocenters. The number of benzene rings is 3. The summed E-state index contributed by atoms with van der Waals surface area (Å²) in [5, 5.41) is 13.4. The molecule has 4 rings (SSSR count). The highest BCUT2D eigenvalue weighted by molar-refractivity contribution is 7.98. The number of unbranched alkanes of at least 4 members (excludes halogenated alkanes) is 1. The van der Waals surface area contributed by atoms with Gasteiger partial charge in [-0.25, -0.2) is 4.39 Å². The highest BCUT2D eigenvalue weighted by Gasteiger charge is 2.15. The van der Waals surface area contributed by atoms with Gasteiger partial charge in [-0.2, -0.15) is 0 Å². The first-order valence-corrected chi connectivity index (χ1v) is 13.3. The number of nitrogens with zero attached hydrogens (tertiary/aromatic N) is 3. The van der Waals surface area contributed by atoms with Crippen molar-refractivity contribution in [3.63, 3.8) is 0 Å². The van der Waals surface area contributed by atoms with E-state index in [1.54, 1.807) is 23.9 Å². The standard InChI is InChI=1S/C30H33FN4S/c1-22-9-8-13-28(19-22)35-29(33-34-30(35)36-21-26-12-6-4-10-23(26)2)14-7-5-11-24(3)32-20-25-15-17-27(31)18-16-25/h4,6,8-10,12-13,15-19,32H,3,5,7,11,14,20-21H2,1-2H3. The summed E-state index contributed by atoms with van der Waals surface area (Å²) >= 11 is 1.73. The van der Waals surface area contributed by atoms with E-state index in [9.17, 15) is 4.39 Å². The molecule has 3 aromatic carbocycles. The highest BCUT2D eigenvalue weighted by atomic mass is 32.2. The van der Waals surface area contributed by atoms with Crippen LogP contribution in [-0.4, -0.2) is 14.8 Å². The quantitative estimate of drug-likeness (QED) is 0.163. The van der Waals surface area contributed by atoms with Crippen LogP contribution in [0.5, 0.6) is 0 Å². The van der Waals surface area contributed by atoms with Gasteiger partial charge in [-0.3, -0.25) is 4.57 Å². The van der Waals surface area contributed by atoms with Gasteiger partial charge < -0.3 is 5.32 Å². The Hall–Kier alpha value is -3.38. The van der Waals surface area contributed by atoms with E-state index in [1.165, 1.54) is 28.8 Å². The molecule has 0 fully saturated rings. The van der Waals surface area contributed by atoms with Crippen molar-refractivity contribution in [2.45, 2.75) is 57.0 Å². The van der Waals surface area contributed by atoms with Crippen molar-refractivity contribution >= 4 is 11.8 Å². The number of thioether (sulfide) groups is 1. The van der Waals surface area contributed by atoms with Crippen LogP contribution in [0.1, 0.15) is 47.3 Å².